The number of hydrogen-bond donors (Lipinski definition) is 1. The molecule has 0 saturated carbocycles. The maximum Gasteiger partial charge on any atom is 0.417 e. The third-order valence-corrected chi connectivity index (χ3v) is 5.14. The van der Waals surface area contributed by atoms with Gasteiger partial charge in [-0.2, -0.15) is 18.4 Å². The Balaban J connectivity index is 1.67. The van der Waals surface area contributed by atoms with Crippen LogP contribution in [0.1, 0.15) is 47.4 Å². The van der Waals surface area contributed by atoms with Crippen LogP contribution in [0.2, 0.25) is 0 Å². The van der Waals surface area contributed by atoms with Gasteiger partial charge in [-0.25, -0.2) is 0 Å². The van der Waals surface area contributed by atoms with Gasteiger partial charge in [-0.05, 0) is 54.7 Å². The van der Waals surface area contributed by atoms with Crippen molar-refractivity contribution in [2.45, 2.75) is 31.4 Å². The molecule has 0 atom stereocenters. The molecular formula is C23H21F3N2O. The number of anilines is 1. The summed E-state index contributed by atoms with van der Waals surface area (Å²) in [5.74, 6) is 6.24. The Bertz CT molecular complexity index is 941. The van der Waals surface area contributed by atoms with E-state index in [-0.39, 0.29) is 12.2 Å². The number of rotatable bonds is 3. The molecule has 3 rings (SSSR count). The molecule has 0 bridgehead atoms. The quantitative estimate of drug-likeness (QED) is 0.763. The Kier molecular flexibility index (Phi) is 6.46. The van der Waals surface area contributed by atoms with Gasteiger partial charge in [-0.1, -0.05) is 24.0 Å². The highest BCUT2D eigenvalue weighted by Gasteiger charge is 2.34. The van der Waals surface area contributed by atoms with Gasteiger partial charge >= 0.3 is 6.18 Å². The monoisotopic (exact) mass is 398 g/mol. The molecule has 0 unspecified atom stereocenters. The van der Waals surface area contributed by atoms with Gasteiger partial charge in [0.15, 0.2) is 0 Å². The van der Waals surface area contributed by atoms with E-state index in [2.05, 4.69) is 11.8 Å². The Morgan fingerprint density at radius 2 is 1.76 bits per heavy atom. The average molecular weight is 398 g/mol. The molecule has 1 heterocycles. The molecule has 0 amide bonds. The minimum Gasteiger partial charge on any atom is -0.395 e. The number of nitrogens with zero attached hydrogens (tertiary/aromatic N) is 2. The van der Waals surface area contributed by atoms with E-state index in [0.29, 0.717) is 31.1 Å². The van der Waals surface area contributed by atoms with Crippen LogP contribution < -0.4 is 4.90 Å². The molecule has 1 N–H and O–H groups in total. The van der Waals surface area contributed by atoms with Crippen molar-refractivity contribution in [3.05, 3.63) is 64.7 Å². The highest BCUT2D eigenvalue weighted by molar-refractivity contribution is 5.55. The first-order valence-electron chi connectivity index (χ1n) is 9.48. The number of aliphatic hydroxyl groups excluding tert-OH is 1. The first-order valence-corrected chi connectivity index (χ1v) is 9.48. The third kappa shape index (κ3) is 5.10. The molecule has 1 aliphatic heterocycles. The summed E-state index contributed by atoms with van der Waals surface area (Å²) < 4.78 is 39.6. The summed E-state index contributed by atoms with van der Waals surface area (Å²) in [5.41, 5.74) is 1.38. The van der Waals surface area contributed by atoms with Crippen molar-refractivity contribution in [1.29, 1.82) is 5.26 Å². The summed E-state index contributed by atoms with van der Waals surface area (Å²) >= 11 is 0. The number of piperidine rings is 1. The van der Waals surface area contributed by atoms with Crippen LogP contribution >= 0.6 is 0 Å². The molecule has 0 aromatic heterocycles. The van der Waals surface area contributed by atoms with E-state index >= 15 is 0 Å². The largest absolute Gasteiger partial charge is 0.417 e. The number of hydrogen-bond acceptors (Lipinski definition) is 3. The van der Waals surface area contributed by atoms with Gasteiger partial charge in [0.25, 0.3) is 0 Å². The lowest BCUT2D eigenvalue weighted by Gasteiger charge is -2.34. The summed E-state index contributed by atoms with van der Waals surface area (Å²) in [5, 5.41) is 17.7. The maximum atomic E-state index is 13.2. The zero-order valence-corrected chi connectivity index (χ0v) is 15.8. The highest BCUT2D eigenvalue weighted by atomic mass is 19.4. The van der Waals surface area contributed by atoms with Crippen molar-refractivity contribution < 1.29 is 18.3 Å². The average Bonchev–Trinajstić information content (AvgIpc) is 2.73. The molecule has 0 aliphatic carbocycles. The summed E-state index contributed by atoms with van der Waals surface area (Å²) in [4.78, 5) is 1.95. The Morgan fingerprint density at radius 1 is 1.07 bits per heavy atom. The molecule has 1 fully saturated rings. The SMILES string of the molecule is N#Cc1ccc(N2CCC(c3ccc(C#CCCO)cc3)CC2)cc1C(F)(F)F. The number of halogens is 3. The second kappa shape index (κ2) is 9.03. The van der Waals surface area contributed by atoms with E-state index < -0.39 is 11.7 Å². The lowest BCUT2D eigenvalue weighted by molar-refractivity contribution is -0.137. The third-order valence-electron chi connectivity index (χ3n) is 5.14. The van der Waals surface area contributed by atoms with Gasteiger partial charge in [-0.3, -0.25) is 0 Å². The summed E-state index contributed by atoms with van der Waals surface area (Å²) in [6, 6.07) is 13.6. The molecule has 3 nitrogen and oxygen atoms in total. The van der Waals surface area contributed by atoms with Crippen LogP contribution in [0, 0.1) is 23.2 Å². The lowest BCUT2D eigenvalue weighted by Crippen LogP contribution is -2.33. The van der Waals surface area contributed by atoms with E-state index in [4.69, 9.17) is 10.4 Å². The summed E-state index contributed by atoms with van der Waals surface area (Å²) in [6.07, 6.45) is -2.40. The Morgan fingerprint density at radius 3 is 2.34 bits per heavy atom. The van der Waals surface area contributed by atoms with Gasteiger partial charge < -0.3 is 10.0 Å². The van der Waals surface area contributed by atoms with Crippen LogP contribution in [-0.4, -0.2) is 24.8 Å². The van der Waals surface area contributed by atoms with Crippen molar-refractivity contribution in [2.75, 3.05) is 24.6 Å². The van der Waals surface area contributed by atoms with E-state index in [0.717, 1.165) is 24.5 Å². The van der Waals surface area contributed by atoms with Gasteiger partial charge in [0.1, 0.15) is 0 Å². The number of aliphatic hydroxyl groups is 1. The minimum absolute atomic E-state index is 0.0490. The predicted molar refractivity (Wildman–Crippen MR) is 105 cm³/mol. The molecule has 1 saturated heterocycles. The normalized spacial score (nSPS) is 14.8. The van der Waals surface area contributed by atoms with E-state index in [9.17, 15) is 13.2 Å². The lowest BCUT2D eigenvalue weighted by atomic mass is 9.88. The first-order chi connectivity index (χ1) is 13.9. The van der Waals surface area contributed by atoms with Crippen LogP contribution in [0.4, 0.5) is 18.9 Å². The second-order valence-electron chi connectivity index (χ2n) is 7.00. The van der Waals surface area contributed by atoms with Crippen molar-refractivity contribution >= 4 is 5.69 Å². The van der Waals surface area contributed by atoms with Gasteiger partial charge in [0.2, 0.25) is 0 Å². The molecular weight excluding hydrogens is 377 g/mol. The van der Waals surface area contributed by atoms with Gasteiger partial charge in [-0.15, -0.1) is 0 Å². The van der Waals surface area contributed by atoms with Gasteiger partial charge in [0, 0.05) is 30.8 Å². The predicted octanol–water partition coefficient (Wildman–Crippen LogP) is 4.69. The maximum absolute atomic E-state index is 13.2. The van der Waals surface area contributed by atoms with Crippen LogP contribution in [-0.2, 0) is 6.18 Å². The Hall–Kier alpha value is -2.96. The van der Waals surface area contributed by atoms with Crippen molar-refractivity contribution in [1.82, 2.24) is 0 Å². The summed E-state index contributed by atoms with van der Waals surface area (Å²) in [6.45, 7) is 1.37. The molecule has 6 heteroatoms. The molecule has 0 spiro atoms. The van der Waals surface area contributed by atoms with Crippen LogP contribution in [0.15, 0.2) is 42.5 Å². The fourth-order valence-electron chi connectivity index (χ4n) is 3.59. The zero-order chi connectivity index (χ0) is 20.9. The summed E-state index contributed by atoms with van der Waals surface area (Å²) in [7, 11) is 0. The standard InChI is InChI=1S/C23H21F3N2O/c24-23(25,26)22-15-21(9-8-20(22)16-27)28-12-10-19(11-13-28)18-6-4-17(5-7-18)3-1-2-14-29/h4-9,15,19,29H,2,10-14H2. The van der Waals surface area contributed by atoms with Crippen molar-refractivity contribution in [3.63, 3.8) is 0 Å². The minimum atomic E-state index is -4.54. The number of benzene rings is 2. The Labute approximate surface area is 168 Å². The first kappa shape index (κ1) is 20.8. The highest BCUT2D eigenvalue weighted by Crippen LogP contribution is 2.36. The fraction of sp³-hybridized carbons (Fsp3) is 0.348. The fourth-order valence-corrected chi connectivity index (χ4v) is 3.59. The van der Waals surface area contributed by atoms with Crippen LogP contribution in [0.3, 0.4) is 0 Å². The second-order valence-corrected chi connectivity index (χ2v) is 7.00. The van der Waals surface area contributed by atoms with E-state index in [1.54, 1.807) is 12.1 Å². The van der Waals surface area contributed by atoms with Gasteiger partial charge in [0.05, 0.1) is 23.8 Å². The molecule has 2 aromatic carbocycles. The van der Waals surface area contributed by atoms with Crippen molar-refractivity contribution in [2.24, 2.45) is 0 Å². The van der Waals surface area contributed by atoms with E-state index in [1.165, 1.54) is 11.6 Å². The molecule has 1 aliphatic rings. The molecule has 150 valence electrons. The smallest absolute Gasteiger partial charge is 0.395 e. The molecule has 29 heavy (non-hydrogen) atoms. The number of alkyl halides is 3. The zero-order valence-electron chi connectivity index (χ0n) is 15.8. The van der Waals surface area contributed by atoms with Crippen LogP contribution in [0.25, 0.3) is 0 Å². The van der Waals surface area contributed by atoms with Crippen LogP contribution in [0.5, 0.6) is 0 Å². The van der Waals surface area contributed by atoms with E-state index in [1.807, 2.05) is 29.2 Å². The number of nitriles is 1. The molecule has 2 aromatic rings. The topological polar surface area (TPSA) is 47.3 Å². The van der Waals surface area contributed by atoms with Crippen molar-refractivity contribution in [3.8, 4) is 17.9 Å². The molecule has 0 radical (unpaired) electrons.